The SMILES string of the molecule is CCN(CC)S(=O)(=O)c1cc(C(=O)NCC(c2ccccc2OC)N2CCCCC2)n(C)c1. The monoisotopic (exact) mass is 476 g/mol. The van der Waals surface area contributed by atoms with Crippen molar-refractivity contribution in [2.75, 3.05) is 39.8 Å². The highest BCUT2D eigenvalue weighted by molar-refractivity contribution is 7.89. The molecule has 0 saturated carbocycles. The number of methoxy groups -OCH3 is 1. The van der Waals surface area contributed by atoms with Gasteiger partial charge in [-0.1, -0.05) is 38.5 Å². The van der Waals surface area contributed by atoms with Crippen molar-refractivity contribution in [2.45, 2.75) is 44.0 Å². The van der Waals surface area contributed by atoms with E-state index in [0.29, 0.717) is 25.3 Å². The Morgan fingerprint density at radius 3 is 2.45 bits per heavy atom. The van der Waals surface area contributed by atoms with Crippen LogP contribution in [0.4, 0.5) is 0 Å². The van der Waals surface area contributed by atoms with Gasteiger partial charge >= 0.3 is 0 Å². The number of hydrogen-bond donors (Lipinski definition) is 1. The number of aromatic nitrogens is 1. The van der Waals surface area contributed by atoms with Crippen molar-refractivity contribution in [3.63, 3.8) is 0 Å². The fourth-order valence-electron chi connectivity index (χ4n) is 4.50. The maximum absolute atomic E-state index is 13.1. The second kappa shape index (κ2) is 11.2. The smallest absolute Gasteiger partial charge is 0.268 e. The third-order valence-corrected chi connectivity index (χ3v) is 8.36. The molecule has 0 spiro atoms. The van der Waals surface area contributed by atoms with Crippen molar-refractivity contribution in [3.8, 4) is 5.75 Å². The fourth-order valence-corrected chi connectivity index (χ4v) is 6.03. The number of benzene rings is 1. The lowest BCUT2D eigenvalue weighted by atomic mass is 10.0. The first-order valence-corrected chi connectivity index (χ1v) is 13.1. The van der Waals surface area contributed by atoms with Crippen molar-refractivity contribution >= 4 is 15.9 Å². The predicted molar refractivity (Wildman–Crippen MR) is 129 cm³/mol. The number of nitrogens with one attached hydrogen (secondary N) is 1. The summed E-state index contributed by atoms with van der Waals surface area (Å²) in [7, 11) is -0.277. The minimum Gasteiger partial charge on any atom is -0.496 e. The Balaban J connectivity index is 1.81. The number of sulfonamides is 1. The van der Waals surface area contributed by atoms with E-state index < -0.39 is 10.0 Å². The van der Waals surface area contributed by atoms with Gasteiger partial charge in [0.25, 0.3) is 5.91 Å². The van der Waals surface area contributed by atoms with Crippen LogP contribution in [0.5, 0.6) is 5.75 Å². The van der Waals surface area contributed by atoms with Gasteiger partial charge in [-0.15, -0.1) is 0 Å². The highest BCUT2D eigenvalue weighted by atomic mass is 32.2. The molecule has 8 nitrogen and oxygen atoms in total. The molecule has 1 N–H and O–H groups in total. The van der Waals surface area contributed by atoms with Crippen LogP contribution in [-0.2, 0) is 17.1 Å². The summed E-state index contributed by atoms with van der Waals surface area (Å²) < 4.78 is 34.3. The Morgan fingerprint density at radius 2 is 1.82 bits per heavy atom. The number of ether oxygens (including phenoxy) is 1. The molecule has 33 heavy (non-hydrogen) atoms. The lowest BCUT2D eigenvalue weighted by Crippen LogP contribution is -2.41. The molecule has 182 valence electrons. The normalized spacial score (nSPS) is 16.0. The average molecular weight is 477 g/mol. The van der Waals surface area contributed by atoms with Crippen LogP contribution in [0.2, 0.25) is 0 Å². The molecule has 1 aromatic carbocycles. The number of carbonyl (C=O) groups excluding carboxylic acids is 1. The summed E-state index contributed by atoms with van der Waals surface area (Å²) in [5.74, 6) is 0.504. The molecule has 1 atom stereocenters. The second-order valence-electron chi connectivity index (χ2n) is 8.33. The Bertz CT molecular complexity index is 1040. The van der Waals surface area contributed by atoms with Gasteiger partial charge in [0.2, 0.25) is 10.0 Å². The summed E-state index contributed by atoms with van der Waals surface area (Å²) in [5.41, 5.74) is 1.36. The van der Waals surface area contributed by atoms with Gasteiger partial charge in [0.1, 0.15) is 16.3 Å². The Labute approximate surface area is 197 Å². The van der Waals surface area contributed by atoms with Crippen LogP contribution in [0.1, 0.15) is 55.2 Å². The van der Waals surface area contributed by atoms with Crippen LogP contribution in [-0.4, -0.2) is 67.9 Å². The first-order chi connectivity index (χ1) is 15.8. The minimum absolute atomic E-state index is 0.0236. The van der Waals surface area contributed by atoms with E-state index in [-0.39, 0.29) is 16.8 Å². The summed E-state index contributed by atoms with van der Waals surface area (Å²) in [6.45, 7) is 6.70. The van der Waals surface area contributed by atoms with Crippen molar-refractivity contribution in [3.05, 3.63) is 47.8 Å². The van der Waals surface area contributed by atoms with Gasteiger partial charge in [0, 0.05) is 38.4 Å². The van der Waals surface area contributed by atoms with Gasteiger partial charge in [-0.05, 0) is 38.1 Å². The Hall–Kier alpha value is -2.36. The zero-order valence-electron chi connectivity index (χ0n) is 20.1. The summed E-state index contributed by atoms with van der Waals surface area (Å²) in [5, 5.41) is 3.04. The number of nitrogens with zero attached hydrogens (tertiary/aromatic N) is 3. The minimum atomic E-state index is -3.63. The Morgan fingerprint density at radius 1 is 1.15 bits per heavy atom. The molecule has 1 aromatic heterocycles. The molecule has 9 heteroatoms. The standard InChI is InChI=1S/C24H36N4O4S/c1-5-28(6-2)33(30,31)19-16-21(26(3)18-19)24(29)25-17-22(27-14-10-7-11-15-27)20-12-8-9-13-23(20)32-4/h8-9,12-13,16,18,22H,5-7,10-11,14-15,17H2,1-4H3,(H,25,29). The third kappa shape index (κ3) is 5.59. The quantitative estimate of drug-likeness (QED) is 0.570. The first-order valence-electron chi connectivity index (χ1n) is 11.6. The molecule has 0 radical (unpaired) electrons. The molecule has 1 fully saturated rings. The highest BCUT2D eigenvalue weighted by Crippen LogP contribution is 2.31. The molecule has 2 heterocycles. The number of aryl methyl sites for hydroxylation is 1. The lowest BCUT2D eigenvalue weighted by Gasteiger charge is -2.35. The van der Waals surface area contributed by atoms with E-state index in [2.05, 4.69) is 10.2 Å². The number of carbonyl (C=O) groups is 1. The molecular weight excluding hydrogens is 440 g/mol. The maximum atomic E-state index is 13.1. The number of amides is 1. The van der Waals surface area contributed by atoms with Gasteiger partial charge in [-0.2, -0.15) is 4.31 Å². The zero-order valence-corrected chi connectivity index (χ0v) is 20.9. The predicted octanol–water partition coefficient (Wildman–Crippen LogP) is 3.02. The number of likely N-dealkylation sites (tertiary alicyclic amines) is 1. The topological polar surface area (TPSA) is 83.9 Å². The summed E-state index contributed by atoms with van der Waals surface area (Å²) in [6, 6.07) is 9.34. The molecule has 3 rings (SSSR count). The third-order valence-electron chi connectivity index (χ3n) is 6.34. The average Bonchev–Trinajstić information content (AvgIpc) is 3.23. The van der Waals surface area contributed by atoms with E-state index >= 15 is 0 Å². The molecule has 0 bridgehead atoms. The van der Waals surface area contributed by atoms with E-state index in [0.717, 1.165) is 37.2 Å². The van der Waals surface area contributed by atoms with E-state index in [9.17, 15) is 13.2 Å². The fraction of sp³-hybridized carbons (Fsp3) is 0.542. The molecule has 1 aliphatic heterocycles. The Kier molecular flexibility index (Phi) is 8.56. The number of rotatable bonds is 10. The van der Waals surface area contributed by atoms with Gasteiger partial charge in [-0.3, -0.25) is 9.69 Å². The van der Waals surface area contributed by atoms with Crippen molar-refractivity contribution in [1.82, 2.24) is 19.1 Å². The molecule has 1 amide bonds. The van der Waals surface area contributed by atoms with Gasteiger partial charge in [-0.25, -0.2) is 8.42 Å². The lowest BCUT2D eigenvalue weighted by molar-refractivity contribution is 0.0915. The van der Waals surface area contributed by atoms with Crippen LogP contribution >= 0.6 is 0 Å². The van der Waals surface area contributed by atoms with Gasteiger partial charge in [0.05, 0.1) is 13.2 Å². The van der Waals surface area contributed by atoms with E-state index in [1.165, 1.54) is 23.0 Å². The number of piperidine rings is 1. The molecule has 1 unspecified atom stereocenters. The summed E-state index contributed by atoms with van der Waals surface area (Å²) in [4.78, 5) is 15.6. The van der Waals surface area contributed by atoms with E-state index in [1.807, 2.05) is 24.3 Å². The molecular formula is C24H36N4O4S. The number of hydrogen-bond acceptors (Lipinski definition) is 5. The molecule has 2 aromatic rings. The van der Waals surface area contributed by atoms with Crippen molar-refractivity contribution < 1.29 is 17.9 Å². The van der Waals surface area contributed by atoms with Crippen LogP contribution < -0.4 is 10.1 Å². The molecule has 0 aliphatic carbocycles. The molecule has 1 aliphatic rings. The van der Waals surface area contributed by atoms with Crippen LogP contribution in [0.25, 0.3) is 0 Å². The first kappa shape index (κ1) is 25.3. The zero-order chi connectivity index (χ0) is 24.0. The van der Waals surface area contributed by atoms with E-state index in [1.54, 1.807) is 32.6 Å². The highest BCUT2D eigenvalue weighted by Gasteiger charge is 2.28. The number of para-hydroxylation sites is 1. The van der Waals surface area contributed by atoms with Crippen molar-refractivity contribution in [1.29, 1.82) is 0 Å². The van der Waals surface area contributed by atoms with Crippen LogP contribution in [0.3, 0.4) is 0 Å². The summed E-state index contributed by atoms with van der Waals surface area (Å²) >= 11 is 0. The summed E-state index contributed by atoms with van der Waals surface area (Å²) in [6.07, 6.45) is 4.98. The van der Waals surface area contributed by atoms with Gasteiger partial charge < -0.3 is 14.6 Å². The van der Waals surface area contributed by atoms with Crippen molar-refractivity contribution in [2.24, 2.45) is 7.05 Å². The largest absolute Gasteiger partial charge is 0.496 e. The van der Waals surface area contributed by atoms with Crippen LogP contribution in [0, 0.1) is 0 Å². The maximum Gasteiger partial charge on any atom is 0.268 e. The van der Waals surface area contributed by atoms with Crippen LogP contribution in [0.15, 0.2) is 41.4 Å². The molecule has 1 saturated heterocycles. The van der Waals surface area contributed by atoms with Gasteiger partial charge in [0.15, 0.2) is 0 Å². The second-order valence-corrected chi connectivity index (χ2v) is 10.3. The van der Waals surface area contributed by atoms with E-state index in [4.69, 9.17) is 4.74 Å².